The van der Waals surface area contributed by atoms with E-state index >= 15 is 0 Å². The highest BCUT2D eigenvalue weighted by Gasteiger charge is 2.41. The van der Waals surface area contributed by atoms with Gasteiger partial charge >= 0.3 is 5.97 Å². The van der Waals surface area contributed by atoms with Gasteiger partial charge in [0.1, 0.15) is 0 Å². The lowest BCUT2D eigenvalue weighted by molar-refractivity contribution is -0.154. The van der Waals surface area contributed by atoms with Crippen LogP contribution in [0.3, 0.4) is 0 Å². The second-order valence-electron chi connectivity index (χ2n) is 5.66. The van der Waals surface area contributed by atoms with Crippen molar-refractivity contribution in [1.82, 2.24) is 4.90 Å². The van der Waals surface area contributed by atoms with Crippen LogP contribution in [0.5, 0.6) is 0 Å². The zero-order chi connectivity index (χ0) is 14.9. The molecule has 1 heterocycles. The van der Waals surface area contributed by atoms with Gasteiger partial charge < -0.3 is 9.64 Å². The van der Waals surface area contributed by atoms with E-state index in [1.54, 1.807) is 6.92 Å². The first-order chi connectivity index (χ1) is 9.34. The van der Waals surface area contributed by atoms with Crippen LogP contribution in [0, 0.1) is 11.8 Å². The quantitative estimate of drug-likeness (QED) is 0.679. The topological polar surface area (TPSA) is 80.8 Å². The van der Waals surface area contributed by atoms with Crippen LogP contribution in [-0.2, 0) is 24.2 Å². The maximum atomic E-state index is 12.1. The Kier molecular flexibility index (Phi) is 4.36. The van der Waals surface area contributed by atoms with Gasteiger partial charge in [0.25, 0.3) is 5.91 Å². The zero-order valence-electron chi connectivity index (χ0n) is 11.9. The molecule has 2 rings (SSSR count). The summed E-state index contributed by atoms with van der Waals surface area (Å²) in [6, 6.07) is -0.281. The van der Waals surface area contributed by atoms with Crippen LogP contribution in [0.4, 0.5) is 0 Å². The Morgan fingerprint density at radius 2 is 2.00 bits per heavy atom. The third kappa shape index (κ3) is 3.50. The normalized spacial score (nSPS) is 30.8. The number of nitrogens with zero attached hydrogens (tertiary/aromatic N) is 1. The molecule has 1 aliphatic heterocycles. The van der Waals surface area contributed by atoms with Crippen molar-refractivity contribution in [2.75, 3.05) is 24.7 Å². The highest BCUT2D eigenvalue weighted by Crippen LogP contribution is 2.38. The average molecular weight is 303 g/mol. The first-order valence-electron chi connectivity index (χ1n) is 7.00. The summed E-state index contributed by atoms with van der Waals surface area (Å²) in [6.07, 6.45) is 1.29. The largest absolute Gasteiger partial charge is 0.455 e. The lowest BCUT2D eigenvalue weighted by Gasteiger charge is -2.26. The summed E-state index contributed by atoms with van der Waals surface area (Å²) >= 11 is 0. The maximum Gasteiger partial charge on any atom is 0.309 e. The summed E-state index contributed by atoms with van der Waals surface area (Å²) in [5.74, 6) is -0.206. The van der Waals surface area contributed by atoms with Crippen molar-refractivity contribution < 1.29 is 22.7 Å². The Labute approximate surface area is 119 Å². The number of rotatable bonds is 5. The van der Waals surface area contributed by atoms with Gasteiger partial charge in [0.15, 0.2) is 16.4 Å². The van der Waals surface area contributed by atoms with Gasteiger partial charge in [-0.2, -0.15) is 0 Å². The summed E-state index contributed by atoms with van der Waals surface area (Å²) in [7, 11) is -3.03. The molecule has 1 saturated carbocycles. The van der Waals surface area contributed by atoms with E-state index in [1.165, 1.54) is 4.90 Å². The lowest BCUT2D eigenvalue weighted by Crippen LogP contribution is -2.43. The molecule has 0 aromatic heterocycles. The number of sulfone groups is 1. The Morgan fingerprint density at radius 3 is 2.45 bits per heavy atom. The number of carbonyl (C=O) groups is 2. The minimum absolute atomic E-state index is 0.0141. The van der Waals surface area contributed by atoms with Crippen molar-refractivity contribution in [3.8, 4) is 0 Å². The summed E-state index contributed by atoms with van der Waals surface area (Å²) in [6.45, 7) is 3.91. The summed E-state index contributed by atoms with van der Waals surface area (Å²) in [5.41, 5.74) is 0. The maximum absolute atomic E-state index is 12.1. The van der Waals surface area contributed by atoms with E-state index in [4.69, 9.17) is 4.74 Å². The van der Waals surface area contributed by atoms with E-state index < -0.39 is 9.84 Å². The van der Waals surface area contributed by atoms with Crippen molar-refractivity contribution in [3.05, 3.63) is 0 Å². The number of likely N-dealkylation sites (N-methyl/N-ethyl adjacent to an activating group) is 1. The molecule has 6 nitrogen and oxygen atoms in total. The highest BCUT2D eigenvalue weighted by molar-refractivity contribution is 7.91. The number of hydrogen-bond acceptors (Lipinski definition) is 5. The SMILES string of the molecule is CCN(C(=O)COC(=O)C1CC1C)C1CCS(=O)(=O)C1. The molecule has 0 N–H and O–H groups in total. The number of carbonyl (C=O) groups excluding carboxylic acids is 2. The predicted molar refractivity (Wildman–Crippen MR) is 72.7 cm³/mol. The smallest absolute Gasteiger partial charge is 0.309 e. The molecular formula is C13H21NO5S. The molecule has 3 unspecified atom stereocenters. The number of amides is 1. The molecule has 1 amide bonds. The highest BCUT2D eigenvalue weighted by atomic mass is 32.2. The van der Waals surface area contributed by atoms with Crippen molar-refractivity contribution in [1.29, 1.82) is 0 Å². The second kappa shape index (κ2) is 5.71. The van der Waals surface area contributed by atoms with E-state index in [-0.39, 0.29) is 41.9 Å². The van der Waals surface area contributed by atoms with E-state index in [2.05, 4.69) is 0 Å². The molecule has 0 radical (unpaired) electrons. The van der Waals surface area contributed by atoms with Crippen molar-refractivity contribution in [2.45, 2.75) is 32.7 Å². The third-order valence-electron chi connectivity index (χ3n) is 4.06. The van der Waals surface area contributed by atoms with Crippen LogP contribution in [-0.4, -0.2) is 55.9 Å². The van der Waals surface area contributed by atoms with Gasteiger partial charge in [-0.3, -0.25) is 9.59 Å². The Morgan fingerprint density at radius 1 is 1.35 bits per heavy atom. The summed E-state index contributed by atoms with van der Waals surface area (Å²) in [5, 5.41) is 0. The molecule has 0 aromatic carbocycles. The van der Waals surface area contributed by atoms with E-state index in [1.807, 2.05) is 6.92 Å². The second-order valence-corrected chi connectivity index (χ2v) is 7.89. The minimum Gasteiger partial charge on any atom is -0.455 e. The van der Waals surface area contributed by atoms with Gasteiger partial charge in [0.2, 0.25) is 0 Å². The molecule has 0 bridgehead atoms. The molecule has 0 aromatic rings. The van der Waals surface area contributed by atoms with Gasteiger partial charge in [0.05, 0.1) is 17.4 Å². The van der Waals surface area contributed by atoms with Crippen LogP contribution >= 0.6 is 0 Å². The van der Waals surface area contributed by atoms with Crippen molar-refractivity contribution >= 4 is 21.7 Å². The van der Waals surface area contributed by atoms with E-state index in [0.717, 1.165) is 6.42 Å². The average Bonchev–Trinajstić information content (AvgIpc) is 3.00. The van der Waals surface area contributed by atoms with Crippen molar-refractivity contribution in [2.24, 2.45) is 11.8 Å². The van der Waals surface area contributed by atoms with Gasteiger partial charge in [-0.15, -0.1) is 0 Å². The summed E-state index contributed by atoms with van der Waals surface area (Å²) in [4.78, 5) is 25.1. The number of ether oxygens (including phenoxy) is 1. The Balaban J connectivity index is 1.84. The van der Waals surface area contributed by atoms with E-state index in [9.17, 15) is 18.0 Å². The predicted octanol–water partition coefficient (Wildman–Crippen LogP) is 0.221. The van der Waals surface area contributed by atoms with Gasteiger partial charge in [-0.05, 0) is 25.7 Å². The third-order valence-corrected chi connectivity index (χ3v) is 5.81. The van der Waals surface area contributed by atoms with Gasteiger partial charge in [0, 0.05) is 12.6 Å². The van der Waals surface area contributed by atoms with Crippen LogP contribution < -0.4 is 0 Å². The first-order valence-corrected chi connectivity index (χ1v) is 8.82. The minimum atomic E-state index is -3.03. The monoisotopic (exact) mass is 303 g/mol. The summed E-state index contributed by atoms with van der Waals surface area (Å²) < 4.78 is 27.9. The fraction of sp³-hybridized carbons (Fsp3) is 0.846. The molecule has 1 aliphatic carbocycles. The zero-order valence-corrected chi connectivity index (χ0v) is 12.7. The number of hydrogen-bond donors (Lipinski definition) is 0. The molecule has 7 heteroatoms. The molecule has 0 spiro atoms. The van der Waals surface area contributed by atoms with Crippen LogP contribution in [0.1, 0.15) is 26.7 Å². The standard InChI is InChI=1S/C13H21NO5S/c1-3-14(10-4-5-20(17,18)8-10)12(15)7-19-13(16)11-6-9(11)2/h9-11H,3-8H2,1-2H3. The van der Waals surface area contributed by atoms with Gasteiger partial charge in [-0.25, -0.2) is 8.42 Å². The lowest BCUT2D eigenvalue weighted by atomic mass is 10.2. The fourth-order valence-corrected chi connectivity index (χ4v) is 4.36. The molecule has 3 atom stereocenters. The van der Waals surface area contributed by atoms with Crippen LogP contribution in [0.15, 0.2) is 0 Å². The fourth-order valence-electron chi connectivity index (χ4n) is 2.63. The molecule has 2 fully saturated rings. The van der Waals surface area contributed by atoms with Crippen LogP contribution in [0.25, 0.3) is 0 Å². The molecule has 2 aliphatic rings. The molecular weight excluding hydrogens is 282 g/mol. The molecule has 1 saturated heterocycles. The number of esters is 1. The van der Waals surface area contributed by atoms with Crippen LogP contribution in [0.2, 0.25) is 0 Å². The first kappa shape index (κ1) is 15.3. The van der Waals surface area contributed by atoms with E-state index in [0.29, 0.717) is 18.9 Å². The molecule has 114 valence electrons. The Hall–Kier alpha value is -1.11. The van der Waals surface area contributed by atoms with Crippen molar-refractivity contribution in [3.63, 3.8) is 0 Å². The van der Waals surface area contributed by atoms with Gasteiger partial charge in [-0.1, -0.05) is 6.92 Å². The Bertz CT molecular complexity index is 501. The molecule has 20 heavy (non-hydrogen) atoms.